The van der Waals surface area contributed by atoms with Crippen molar-refractivity contribution in [1.82, 2.24) is 10.2 Å². The van der Waals surface area contributed by atoms with E-state index in [0.29, 0.717) is 0 Å². The zero-order chi connectivity index (χ0) is 13.5. The highest BCUT2D eigenvalue weighted by molar-refractivity contribution is 7.99. The number of nitrogens with zero attached hydrogens (tertiary/aromatic N) is 1. The van der Waals surface area contributed by atoms with Crippen molar-refractivity contribution >= 4 is 29.6 Å². The van der Waals surface area contributed by atoms with Crippen molar-refractivity contribution in [3.63, 3.8) is 0 Å². The second-order valence-corrected chi connectivity index (χ2v) is 5.12. The molecule has 1 aliphatic rings. The highest BCUT2D eigenvalue weighted by atomic mass is 32.2. The Hall–Kier alpha value is -1.28. The van der Waals surface area contributed by atoms with Gasteiger partial charge < -0.3 is 20.4 Å². The maximum atomic E-state index is 11.8. The van der Waals surface area contributed by atoms with Gasteiger partial charge in [0.05, 0.1) is 0 Å². The van der Waals surface area contributed by atoms with Crippen molar-refractivity contribution in [3.05, 3.63) is 0 Å². The van der Waals surface area contributed by atoms with Crippen molar-refractivity contribution in [2.24, 2.45) is 0 Å². The van der Waals surface area contributed by atoms with E-state index in [4.69, 9.17) is 10.2 Å². The summed E-state index contributed by atoms with van der Waals surface area (Å²) in [6.45, 7) is -0.351. The van der Waals surface area contributed by atoms with Gasteiger partial charge in [0.25, 0.3) is 0 Å². The summed E-state index contributed by atoms with van der Waals surface area (Å²) in [5.41, 5.74) is 0. The highest BCUT2D eigenvalue weighted by Gasteiger charge is 2.23. The second kappa shape index (κ2) is 7.22. The van der Waals surface area contributed by atoms with E-state index in [1.54, 1.807) is 11.8 Å². The lowest BCUT2D eigenvalue weighted by atomic mass is 10.2. The Morgan fingerprint density at radius 3 is 2.28 bits per heavy atom. The molecule has 0 aromatic heterocycles. The molecule has 1 saturated heterocycles. The molecule has 1 atom stereocenters. The normalized spacial score (nSPS) is 19.2. The number of amides is 1. The molecule has 1 fully saturated rings. The number of hydrogen-bond acceptors (Lipinski definition) is 5. The summed E-state index contributed by atoms with van der Waals surface area (Å²) in [5.74, 6) is -1.11. The van der Waals surface area contributed by atoms with Crippen LogP contribution in [0, 0.1) is 0 Å². The standard InChI is InChI=1S/C10H16N2O5S/c13-8(3-7-6-18-2-1-11-7)12(4-9(14)15)5-10(16)17/h7,11H,1-6H2,(H,14,15)(H,16,17). The fraction of sp³-hybridized carbons (Fsp3) is 0.700. The second-order valence-electron chi connectivity index (χ2n) is 3.97. The van der Waals surface area contributed by atoms with E-state index in [1.807, 2.05) is 0 Å². The molecule has 1 aliphatic heterocycles. The lowest BCUT2D eigenvalue weighted by molar-refractivity contribution is -0.149. The van der Waals surface area contributed by atoms with Crippen molar-refractivity contribution in [1.29, 1.82) is 0 Å². The van der Waals surface area contributed by atoms with Gasteiger partial charge in [-0.25, -0.2) is 0 Å². The number of carbonyl (C=O) groups is 3. The first kappa shape index (κ1) is 14.8. The van der Waals surface area contributed by atoms with Gasteiger partial charge in [0.15, 0.2) is 0 Å². The predicted molar refractivity (Wildman–Crippen MR) is 65.6 cm³/mol. The Kier molecular flexibility index (Phi) is 5.93. The van der Waals surface area contributed by atoms with E-state index >= 15 is 0 Å². The first-order valence-electron chi connectivity index (χ1n) is 5.51. The molecule has 18 heavy (non-hydrogen) atoms. The number of nitrogens with one attached hydrogen (secondary N) is 1. The van der Waals surface area contributed by atoms with Crippen LogP contribution in [0.3, 0.4) is 0 Å². The van der Waals surface area contributed by atoms with Gasteiger partial charge in [-0.2, -0.15) is 11.8 Å². The highest BCUT2D eigenvalue weighted by Crippen LogP contribution is 2.11. The smallest absolute Gasteiger partial charge is 0.323 e. The molecule has 1 unspecified atom stereocenters. The van der Waals surface area contributed by atoms with E-state index in [2.05, 4.69) is 5.32 Å². The molecule has 3 N–H and O–H groups in total. The Bertz CT molecular complexity index is 314. The molecule has 8 heteroatoms. The summed E-state index contributed by atoms with van der Waals surface area (Å²) in [4.78, 5) is 33.8. The maximum Gasteiger partial charge on any atom is 0.323 e. The molecule has 0 saturated carbocycles. The van der Waals surface area contributed by atoms with Gasteiger partial charge in [-0.1, -0.05) is 0 Å². The fourth-order valence-corrected chi connectivity index (χ4v) is 2.60. The molecule has 0 aromatic rings. The topological polar surface area (TPSA) is 107 Å². The van der Waals surface area contributed by atoms with Crippen LogP contribution in [-0.4, -0.2) is 70.1 Å². The van der Waals surface area contributed by atoms with Crippen LogP contribution >= 0.6 is 11.8 Å². The van der Waals surface area contributed by atoms with Gasteiger partial charge in [0, 0.05) is 30.5 Å². The van der Waals surface area contributed by atoms with Crippen LogP contribution < -0.4 is 5.32 Å². The molecule has 1 amide bonds. The third-order valence-corrected chi connectivity index (χ3v) is 3.56. The first-order chi connectivity index (χ1) is 8.49. The van der Waals surface area contributed by atoms with Crippen LogP contribution in [0.1, 0.15) is 6.42 Å². The number of carboxylic acids is 2. The Labute approximate surface area is 109 Å². The van der Waals surface area contributed by atoms with Gasteiger partial charge in [0.2, 0.25) is 5.91 Å². The van der Waals surface area contributed by atoms with E-state index < -0.39 is 30.9 Å². The van der Waals surface area contributed by atoms with Crippen LogP contribution in [0.4, 0.5) is 0 Å². The van der Waals surface area contributed by atoms with E-state index in [1.165, 1.54) is 0 Å². The first-order valence-corrected chi connectivity index (χ1v) is 6.67. The summed E-state index contributed by atoms with van der Waals surface area (Å²) in [5, 5.41) is 20.4. The minimum atomic E-state index is -1.21. The Morgan fingerprint density at radius 2 is 1.83 bits per heavy atom. The van der Waals surface area contributed by atoms with Crippen molar-refractivity contribution in [2.75, 3.05) is 31.1 Å². The van der Waals surface area contributed by atoms with E-state index in [9.17, 15) is 14.4 Å². The van der Waals surface area contributed by atoms with Crippen LogP contribution in [0.15, 0.2) is 0 Å². The fourth-order valence-electron chi connectivity index (χ4n) is 1.65. The minimum Gasteiger partial charge on any atom is -0.480 e. The zero-order valence-corrected chi connectivity index (χ0v) is 10.6. The average molecular weight is 276 g/mol. The van der Waals surface area contributed by atoms with Gasteiger partial charge in [-0.15, -0.1) is 0 Å². The quantitative estimate of drug-likeness (QED) is 0.576. The van der Waals surface area contributed by atoms with Gasteiger partial charge in [-0.05, 0) is 0 Å². The number of hydrogen-bond donors (Lipinski definition) is 3. The molecule has 0 radical (unpaired) electrons. The SMILES string of the molecule is O=C(O)CN(CC(=O)O)C(=O)CC1CSCCN1. The molecule has 0 aromatic carbocycles. The van der Waals surface area contributed by atoms with Gasteiger partial charge >= 0.3 is 11.9 Å². The van der Waals surface area contributed by atoms with Crippen LogP contribution in [-0.2, 0) is 14.4 Å². The van der Waals surface area contributed by atoms with Crippen molar-refractivity contribution in [3.8, 4) is 0 Å². The molecule has 0 bridgehead atoms. The number of carbonyl (C=O) groups excluding carboxylic acids is 1. The number of carboxylic acid groups (broad SMARTS) is 2. The Morgan fingerprint density at radius 1 is 1.22 bits per heavy atom. The minimum absolute atomic E-state index is 0.0126. The molecule has 0 spiro atoms. The van der Waals surface area contributed by atoms with E-state index in [-0.39, 0.29) is 12.5 Å². The summed E-state index contributed by atoms with van der Waals surface area (Å²) in [6, 6.07) is -0.0126. The summed E-state index contributed by atoms with van der Waals surface area (Å²) < 4.78 is 0. The van der Waals surface area contributed by atoms with Crippen molar-refractivity contribution in [2.45, 2.75) is 12.5 Å². The number of rotatable bonds is 6. The lowest BCUT2D eigenvalue weighted by Gasteiger charge is -2.25. The van der Waals surface area contributed by atoms with Crippen LogP contribution in [0.5, 0.6) is 0 Å². The molecule has 102 valence electrons. The predicted octanol–water partition coefficient (Wildman–Crippen LogP) is -0.921. The summed E-state index contributed by atoms with van der Waals surface area (Å²) in [6.07, 6.45) is 0.132. The maximum absolute atomic E-state index is 11.8. The van der Waals surface area contributed by atoms with Crippen LogP contribution in [0.2, 0.25) is 0 Å². The molecular weight excluding hydrogens is 260 g/mol. The average Bonchev–Trinajstić information content (AvgIpc) is 2.28. The Balaban J connectivity index is 2.51. The summed E-state index contributed by atoms with van der Waals surface area (Å²) in [7, 11) is 0. The van der Waals surface area contributed by atoms with Gasteiger partial charge in [0.1, 0.15) is 13.1 Å². The number of aliphatic carboxylic acids is 2. The molecule has 1 heterocycles. The molecular formula is C10H16N2O5S. The third-order valence-electron chi connectivity index (χ3n) is 2.42. The number of thioether (sulfide) groups is 1. The molecule has 0 aliphatic carbocycles. The lowest BCUT2D eigenvalue weighted by Crippen LogP contribution is -2.45. The van der Waals surface area contributed by atoms with Crippen LogP contribution in [0.25, 0.3) is 0 Å². The zero-order valence-electron chi connectivity index (χ0n) is 9.79. The van der Waals surface area contributed by atoms with E-state index in [0.717, 1.165) is 23.0 Å². The third kappa shape index (κ3) is 5.37. The van der Waals surface area contributed by atoms with Gasteiger partial charge in [-0.3, -0.25) is 14.4 Å². The summed E-state index contributed by atoms with van der Waals surface area (Å²) >= 11 is 1.72. The van der Waals surface area contributed by atoms with Crippen molar-refractivity contribution < 1.29 is 24.6 Å². The molecule has 1 rings (SSSR count). The molecule has 7 nitrogen and oxygen atoms in total. The largest absolute Gasteiger partial charge is 0.480 e. The monoisotopic (exact) mass is 276 g/mol.